The number of allylic oxidation sites excluding steroid dienone is 1. The molecule has 36 heavy (non-hydrogen) atoms. The molecule has 0 radical (unpaired) electrons. The van der Waals surface area contributed by atoms with Crippen molar-refractivity contribution in [3.63, 3.8) is 0 Å². The second kappa shape index (κ2) is 10.6. The second-order valence-electron chi connectivity index (χ2n) is 9.41. The van der Waals surface area contributed by atoms with Gasteiger partial charge < -0.3 is 19.7 Å². The van der Waals surface area contributed by atoms with Crippen LogP contribution in [-0.2, 0) is 20.9 Å². The Morgan fingerprint density at radius 1 is 1.14 bits per heavy atom. The number of nitrogens with one attached hydrogen (secondary N) is 1. The van der Waals surface area contributed by atoms with Gasteiger partial charge in [-0.05, 0) is 51.3 Å². The van der Waals surface area contributed by atoms with Crippen molar-refractivity contribution in [2.45, 2.75) is 52.3 Å². The third-order valence-corrected chi connectivity index (χ3v) is 6.48. The monoisotopic (exact) mass is 506 g/mol. The molecule has 1 aromatic carbocycles. The third kappa shape index (κ3) is 5.62. The average molecular weight is 507 g/mol. The number of para-hydroxylation sites is 1. The summed E-state index contributed by atoms with van der Waals surface area (Å²) in [7, 11) is 1.60. The van der Waals surface area contributed by atoms with Gasteiger partial charge in [0, 0.05) is 17.5 Å². The number of benzene rings is 1. The van der Waals surface area contributed by atoms with Gasteiger partial charge in [-0.15, -0.1) is 0 Å². The van der Waals surface area contributed by atoms with Gasteiger partial charge >= 0.3 is 5.97 Å². The summed E-state index contributed by atoms with van der Waals surface area (Å²) in [6, 6.07) is 12.6. The zero-order valence-electron chi connectivity index (χ0n) is 21.1. The lowest BCUT2D eigenvalue weighted by atomic mass is 9.93. The molecule has 8 nitrogen and oxygen atoms in total. The van der Waals surface area contributed by atoms with Crippen molar-refractivity contribution in [2.75, 3.05) is 7.11 Å². The highest BCUT2D eigenvalue weighted by atomic mass is 32.2. The van der Waals surface area contributed by atoms with Crippen LogP contribution in [0.5, 0.6) is 5.75 Å². The topological polar surface area (TPSA) is 93.1 Å². The number of pyridine rings is 1. The minimum Gasteiger partial charge on any atom is -0.496 e. The number of carbonyl (C=O) groups excluding carboxylic acids is 2. The van der Waals surface area contributed by atoms with E-state index >= 15 is 0 Å². The molecule has 2 aromatic rings. The Hall–Kier alpha value is -3.59. The number of rotatable bonds is 7. The van der Waals surface area contributed by atoms with E-state index in [0.717, 1.165) is 17.0 Å². The van der Waals surface area contributed by atoms with Crippen LogP contribution in [0.15, 0.2) is 76.0 Å². The van der Waals surface area contributed by atoms with Gasteiger partial charge in [-0.25, -0.2) is 9.79 Å². The highest BCUT2D eigenvalue weighted by Gasteiger charge is 2.42. The summed E-state index contributed by atoms with van der Waals surface area (Å²) in [4.78, 5) is 37.3. The van der Waals surface area contributed by atoms with Gasteiger partial charge in [0.2, 0.25) is 5.91 Å². The summed E-state index contributed by atoms with van der Waals surface area (Å²) >= 11 is 1.43. The Morgan fingerprint density at radius 3 is 2.58 bits per heavy atom. The number of hydrogen-bond donors (Lipinski definition) is 1. The Balaban J connectivity index is 1.66. The number of thioether (sulfide) groups is 1. The lowest BCUT2D eigenvalue weighted by Gasteiger charge is -2.37. The van der Waals surface area contributed by atoms with Gasteiger partial charge in [-0.3, -0.25) is 9.78 Å². The van der Waals surface area contributed by atoms with E-state index in [1.54, 1.807) is 13.3 Å². The first kappa shape index (κ1) is 25.5. The van der Waals surface area contributed by atoms with E-state index in [9.17, 15) is 9.59 Å². The largest absolute Gasteiger partial charge is 0.496 e. The van der Waals surface area contributed by atoms with Crippen LogP contribution in [0.25, 0.3) is 0 Å². The van der Waals surface area contributed by atoms with Gasteiger partial charge in [0.05, 0.1) is 43.1 Å². The maximum absolute atomic E-state index is 13.5. The number of aromatic nitrogens is 1. The van der Waals surface area contributed by atoms with E-state index in [-0.39, 0.29) is 12.3 Å². The summed E-state index contributed by atoms with van der Waals surface area (Å²) in [5.74, 6) is 0.0284. The number of methoxy groups -OCH3 is 1. The molecule has 0 bridgehead atoms. The van der Waals surface area contributed by atoms with Crippen LogP contribution in [0.2, 0.25) is 0 Å². The van der Waals surface area contributed by atoms with Crippen LogP contribution in [0.3, 0.4) is 0 Å². The number of fused-ring (bicyclic) bond motifs is 1. The molecule has 0 saturated heterocycles. The van der Waals surface area contributed by atoms with Crippen molar-refractivity contribution < 1.29 is 19.1 Å². The molecule has 1 aromatic heterocycles. The van der Waals surface area contributed by atoms with Crippen LogP contribution in [0.4, 0.5) is 0 Å². The van der Waals surface area contributed by atoms with E-state index in [0.29, 0.717) is 28.7 Å². The van der Waals surface area contributed by atoms with Crippen LogP contribution >= 0.6 is 11.8 Å². The van der Waals surface area contributed by atoms with E-state index in [1.165, 1.54) is 11.8 Å². The van der Waals surface area contributed by atoms with Crippen molar-refractivity contribution in [2.24, 2.45) is 4.99 Å². The number of esters is 1. The predicted octanol–water partition coefficient (Wildman–Crippen LogP) is 4.71. The lowest BCUT2D eigenvalue weighted by molar-refractivity contribution is -0.150. The second-order valence-corrected chi connectivity index (χ2v) is 10.2. The molecule has 0 fully saturated rings. The molecule has 0 spiro atoms. The van der Waals surface area contributed by atoms with Crippen molar-refractivity contribution in [1.82, 2.24) is 15.2 Å². The van der Waals surface area contributed by atoms with Crippen molar-refractivity contribution >= 4 is 28.8 Å². The van der Waals surface area contributed by atoms with Crippen LogP contribution < -0.4 is 10.1 Å². The molecule has 188 valence electrons. The molecule has 2 aliphatic rings. The number of amides is 1. The highest BCUT2D eigenvalue weighted by molar-refractivity contribution is 8.16. The fraction of sp³-hybridized carbons (Fsp3) is 0.333. The summed E-state index contributed by atoms with van der Waals surface area (Å²) in [6.45, 7) is 7.64. The first-order valence-corrected chi connectivity index (χ1v) is 12.5. The van der Waals surface area contributed by atoms with Gasteiger partial charge in [0.25, 0.3) is 0 Å². The van der Waals surface area contributed by atoms with Crippen molar-refractivity contribution in [3.8, 4) is 5.75 Å². The molecule has 0 aliphatic carbocycles. The number of carbonyl (C=O) groups is 2. The maximum Gasteiger partial charge on any atom is 0.338 e. The number of nitrogens with zero attached hydrogens (tertiary/aromatic N) is 3. The number of aliphatic imine (C=N–C) groups is 1. The molecule has 1 N–H and O–H groups in total. The van der Waals surface area contributed by atoms with E-state index in [2.05, 4.69) is 10.3 Å². The molecule has 4 rings (SSSR count). The molecule has 0 unspecified atom stereocenters. The van der Waals surface area contributed by atoms with Crippen LogP contribution in [-0.4, -0.2) is 39.6 Å². The fourth-order valence-electron chi connectivity index (χ4n) is 4.07. The molecule has 1 amide bonds. The Labute approximate surface area is 215 Å². The molecule has 3 heterocycles. The van der Waals surface area contributed by atoms with Crippen LogP contribution in [0.1, 0.15) is 51.4 Å². The zero-order chi connectivity index (χ0) is 25.9. The normalized spacial score (nSPS) is 17.2. The molecule has 2 aliphatic heterocycles. The number of ether oxygens (including phenoxy) is 2. The minimum atomic E-state index is -0.677. The Bertz CT molecular complexity index is 1250. The first-order valence-electron chi connectivity index (χ1n) is 11.6. The zero-order valence-corrected chi connectivity index (χ0v) is 21.9. The maximum atomic E-state index is 13.5. The summed E-state index contributed by atoms with van der Waals surface area (Å²) < 4.78 is 11.4. The fourth-order valence-corrected chi connectivity index (χ4v) is 5.03. The summed E-state index contributed by atoms with van der Waals surface area (Å²) in [5.41, 5.74) is 2.62. The smallest absolute Gasteiger partial charge is 0.338 e. The first-order chi connectivity index (χ1) is 17.2. The average Bonchev–Trinajstić information content (AvgIpc) is 3.23. The van der Waals surface area contributed by atoms with Crippen LogP contribution in [0, 0.1) is 0 Å². The molecule has 0 saturated carbocycles. The molecular weight excluding hydrogens is 476 g/mol. The minimum absolute atomic E-state index is 0.116. The molecule has 9 heteroatoms. The Morgan fingerprint density at radius 2 is 1.89 bits per heavy atom. The summed E-state index contributed by atoms with van der Waals surface area (Å²) in [5, 5.41) is 5.53. The van der Waals surface area contributed by atoms with E-state index in [1.807, 2.05) is 80.5 Å². The Kier molecular flexibility index (Phi) is 7.49. The van der Waals surface area contributed by atoms with Gasteiger partial charge in [0.15, 0.2) is 5.17 Å². The van der Waals surface area contributed by atoms with Crippen molar-refractivity contribution in [3.05, 3.63) is 82.3 Å². The SMILES string of the molecule is COc1ccccc1[C@@H]1C(C(=O)OC(C)(C)C)=C(C)N=C2SC=C(CC(=O)NCc3ccccn3)N21. The van der Waals surface area contributed by atoms with Gasteiger partial charge in [0.1, 0.15) is 11.4 Å². The third-order valence-electron chi connectivity index (χ3n) is 5.59. The van der Waals surface area contributed by atoms with Gasteiger partial charge in [-0.2, -0.15) is 0 Å². The highest BCUT2D eigenvalue weighted by Crippen LogP contribution is 2.47. The standard InChI is InChI=1S/C27H30N4O4S/c1-17-23(25(33)35-27(2,3)4)24(20-11-6-7-12-21(20)34-5)31-19(16-36-26(31)30-17)14-22(32)29-15-18-10-8-9-13-28-18/h6-13,16,24H,14-15H2,1-5H3,(H,29,32)/t24-/m1/s1. The molecular formula is C27H30N4O4S. The van der Waals surface area contributed by atoms with E-state index in [4.69, 9.17) is 14.5 Å². The van der Waals surface area contributed by atoms with Crippen molar-refractivity contribution in [1.29, 1.82) is 0 Å². The number of amidine groups is 1. The summed E-state index contributed by atoms with van der Waals surface area (Å²) in [6.07, 6.45) is 1.81. The quantitative estimate of drug-likeness (QED) is 0.544. The number of hydrogen-bond acceptors (Lipinski definition) is 8. The lowest BCUT2D eigenvalue weighted by Crippen LogP contribution is -2.39. The van der Waals surface area contributed by atoms with E-state index < -0.39 is 17.6 Å². The predicted molar refractivity (Wildman–Crippen MR) is 140 cm³/mol. The molecule has 1 atom stereocenters. The van der Waals surface area contributed by atoms with Gasteiger partial charge in [-0.1, -0.05) is 36.0 Å².